The van der Waals surface area contributed by atoms with Gasteiger partial charge in [-0.15, -0.1) is 5.10 Å². The smallest absolute Gasteiger partial charge is 0.281 e. The van der Waals surface area contributed by atoms with Gasteiger partial charge in [-0.25, -0.2) is 18.7 Å². The number of hydrogen-bond acceptors (Lipinski definition) is 8. The number of halogens is 1. The number of rotatable bonds is 6. The Hall–Kier alpha value is -5.06. The minimum Gasteiger partial charge on any atom is -0.332 e. The molecular formula is C24H16FN9O. The van der Waals surface area contributed by atoms with Gasteiger partial charge in [0.2, 0.25) is 5.82 Å². The Balaban J connectivity index is 1.37. The number of aromatic nitrogens is 9. The molecule has 0 aliphatic rings. The van der Waals surface area contributed by atoms with Crippen LogP contribution >= 0.6 is 0 Å². The van der Waals surface area contributed by atoms with Gasteiger partial charge in [0, 0.05) is 23.5 Å². The molecule has 0 spiro atoms. The predicted octanol–water partition coefficient (Wildman–Crippen LogP) is 3.83. The van der Waals surface area contributed by atoms with E-state index in [1.165, 1.54) is 17.1 Å². The van der Waals surface area contributed by atoms with Gasteiger partial charge in [-0.3, -0.25) is 4.98 Å². The topological polar surface area (TPSA) is 113 Å². The summed E-state index contributed by atoms with van der Waals surface area (Å²) in [6, 6.07) is 17.6. The van der Waals surface area contributed by atoms with Crippen molar-refractivity contribution in [1.29, 1.82) is 0 Å². The molecule has 0 unspecified atom stereocenters. The first-order chi connectivity index (χ1) is 17.3. The average molecular weight is 465 g/mol. The van der Waals surface area contributed by atoms with Crippen LogP contribution in [0.25, 0.3) is 39.9 Å². The third-order valence-electron chi connectivity index (χ3n) is 5.36. The molecule has 0 aliphatic heterocycles. The van der Waals surface area contributed by atoms with Crippen molar-refractivity contribution in [1.82, 2.24) is 44.9 Å². The van der Waals surface area contributed by atoms with Crippen LogP contribution in [0.1, 0.15) is 5.56 Å². The van der Waals surface area contributed by atoms with Crippen LogP contribution in [0.15, 0.2) is 90.2 Å². The Labute approximate surface area is 197 Å². The number of hydrogen-bond donors (Lipinski definition) is 0. The fourth-order valence-corrected chi connectivity index (χ4v) is 3.68. The summed E-state index contributed by atoms with van der Waals surface area (Å²) in [5.74, 6) is 0.131. The first-order valence-electron chi connectivity index (χ1n) is 10.6. The maximum atomic E-state index is 14.6. The fourth-order valence-electron chi connectivity index (χ4n) is 3.68. The molecule has 0 N–H and O–H groups in total. The maximum Gasteiger partial charge on any atom is 0.281 e. The summed E-state index contributed by atoms with van der Waals surface area (Å²) in [5.41, 5.74) is 3.64. The van der Waals surface area contributed by atoms with Crippen LogP contribution in [-0.4, -0.2) is 44.9 Å². The summed E-state index contributed by atoms with van der Waals surface area (Å²) in [6.45, 7) is 0.603. The van der Waals surface area contributed by atoms with E-state index in [-0.39, 0.29) is 11.6 Å². The van der Waals surface area contributed by atoms with E-state index in [1.807, 2.05) is 24.3 Å². The molecule has 2 aromatic carbocycles. The van der Waals surface area contributed by atoms with Gasteiger partial charge in [0.05, 0.1) is 6.54 Å². The highest BCUT2D eigenvalue weighted by Crippen LogP contribution is 2.32. The van der Waals surface area contributed by atoms with Gasteiger partial charge in [-0.05, 0) is 29.8 Å². The van der Waals surface area contributed by atoms with E-state index >= 15 is 0 Å². The highest BCUT2D eigenvalue weighted by molar-refractivity contribution is 5.76. The van der Waals surface area contributed by atoms with E-state index in [9.17, 15) is 4.39 Å². The zero-order valence-corrected chi connectivity index (χ0v) is 18.1. The van der Waals surface area contributed by atoms with Crippen LogP contribution < -0.4 is 0 Å². The molecule has 0 radical (unpaired) electrons. The molecule has 0 aliphatic carbocycles. The average Bonchev–Trinajstić information content (AvgIpc) is 3.66. The Kier molecular flexibility index (Phi) is 5.11. The molecule has 0 fully saturated rings. The zero-order valence-electron chi connectivity index (χ0n) is 18.1. The molecule has 35 heavy (non-hydrogen) atoms. The Morgan fingerprint density at radius 1 is 0.886 bits per heavy atom. The molecule has 4 heterocycles. The Morgan fingerprint density at radius 2 is 1.71 bits per heavy atom. The van der Waals surface area contributed by atoms with Crippen LogP contribution in [0.2, 0.25) is 0 Å². The summed E-state index contributed by atoms with van der Waals surface area (Å²) in [7, 11) is 0. The maximum absolute atomic E-state index is 14.6. The lowest BCUT2D eigenvalue weighted by atomic mass is 10.1. The molecule has 0 bridgehead atoms. The van der Waals surface area contributed by atoms with Crippen molar-refractivity contribution in [2.75, 3.05) is 0 Å². The third-order valence-corrected chi connectivity index (χ3v) is 5.36. The Morgan fingerprint density at radius 3 is 2.49 bits per heavy atom. The van der Waals surface area contributed by atoms with E-state index in [1.54, 1.807) is 53.7 Å². The zero-order chi connectivity index (χ0) is 23.6. The molecule has 6 aromatic rings. The van der Waals surface area contributed by atoms with Crippen molar-refractivity contribution < 1.29 is 8.91 Å². The van der Waals surface area contributed by atoms with Gasteiger partial charge in [-0.1, -0.05) is 46.8 Å². The van der Waals surface area contributed by atoms with Gasteiger partial charge in [-0.2, -0.15) is 10.1 Å². The lowest BCUT2D eigenvalue weighted by Crippen LogP contribution is -2.02. The highest BCUT2D eigenvalue weighted by Gasteiger charge is 2.24. The lowest BCUT2D eigenvalue weighted by molar-refractivity contribution is 0.431. The minimum absolute atomic E-state index is 0.168. The molecule has 4 aromatic heterocycles. The molecule has 0 atom stereocenters. The third kappa shape index (κ3) is 3.95. The minimum atomic E-state index is -0.434. The molecular weight excluding hydrogens is 449 g/mol. The number of pyridine rings is 1. The first kappa shape index (κ1) is 20.5. The second-order valence-electron chi connectivity index (χ2n) is 7.60. The SMILES string of the molecule is Fc1ccccc1-n1nnc(-c2nc(-c3ccc(Cn4cncn4)cc3)no2)c1-c1ccncc1. The molecule has 170 valence electrons. The van der Waals surface area contributed by atoms with Crippen molar-refractivity contribution in [3.63, 3.8) is 0 Å². The summed E-state index contributed by atoms with van der Waals surface area (Å²) in [5, 5.41) is 16.7. The summed E-state index contributed by atoms with van der Waals surface area (Å²) >= 11 is 0. The second-order valence-corrected chi connectivity index (χ2v) is 7.60. The van der Waals surface area contributed by atoms with Crippen LogP contribution in [0.4, 0.5) is 4.39 Å². The van der Waals surface area contributed by atoms with Crippen molar-refractivity contribution in [3.05, 3.63) is 97.1 Å². The van der Waals surface area contributed by atoms with Gasteiger partial charge >= 0.3 is 0 Å². The van der Waals surface area contributed by atoms with E-state index in [0.717, 1.165) is 16.7 Å². The van der Waals surface area contributed by atoms with Crippen molar-refractivity contribution in [2.45, 2.75) is 6.54 Å². The van der Waals surface area contributed by atoms with Gasteiger partial charge in [0.1, 0.15) is 29.9 Å². The van der Waals surface area contributed by atoms with E-state index < -0.39 is 5.82 Å². The number of para-hydroxylation sites is 1. The van der Waals surface area contributed by atoms with Gasteiger partial charge in [0.25, 0.3) is 5.89 Å². The van der Waals surface area contributed by atoms with Crippen molar-refractivity contribution in [3.8, 4) is 39.9 Å². The predicted molar refractivity (Wildman–Crippen MR) is 122 cm³/mol. The van der Waals surface area contributed by atoms with Crippen LogP contribution in [0.5, 0.6) is 0 Å². The standard InChI is InChI=1S/C24H16FN9O/c25-19-3-1-2-4-20(19)34-22(17-9-11-26-12-10-17)21(30-32-34)24-29-23(31-35-24)18-7-5-16(6-8-18)13-33-15-27-14-28-33/h1-12,14-15H,13H2. The molecule has 10 nitrogen and oxygen atoms in total. The van der Waals surface area contributed by atoms with Crippen molar-refractivity contribution in [2.24, 2.45) is 0 Å². The van der Waals surface area contributed by atoms with Gasteiger partial charge < -0.3 is 4.52 Å². The van der Waals surface area contributed by atoms with Crippen molar-refractivity contribution >= 4 is 0 Å². The highest BCUT2D eigenvalue weighted by atomic mass is 19.1. The fraction of sp³-hybridized carbons (Fsp3) is 0.0417. The largest absolute Gasteiger partial charge is 0.332 e. The van der Waals surface area contributed by atoms with Crippen LogP contribution in [0, 0.1) is 5.82 Å². The van der Waals surface area contributed by atoms with E-state index in [4.69, 9.17) is 4.52 Å². The number of nitrogens with zero attached hydrogens (tertiary/aromatic N) is 9. The second kappa shape index (κ2) is 8.71. The Bertz CT molecular complexity index is 1580. The van der Waals surface area contributed by atoms with E-state index in [0.29, 0.717) is 23.8 Å². The molecule has 6 rings (SSSR count). The molecule has 0 saturated carbocycles. The summed E-state index contributed by atoms with van der Waals surface area (Å²) in [4.78, 5) is 12.6. The monoisotopic (exact) mass is 465 g/mol. The van der Waals surface area contributed by atoms with E-state index in [2.05, 4.69) is 35.5 Å². The van der Waals surface area contributed by atoms with Crippen LogP contribution in [0.3, 0.4) is 0 Å². The first-order valence-corrected chi connectivity index (χ1v) is 10.6. The van der Waals surface area contributed by atoms with Crippen LogP contribution in [-0.2, 0) is 6.54 Å². The molecule has 0 amide bonds. The molecule has 0 saturated heterocycles. The number of benzene rings is 2. The quantitative estimate of drug-likeness (QED) is 0.365. The summed E-state index contributed by atoms with van der Waals surface area (Å²) in [6.07, 6.45) is 6.43. The van der Waals surface area contributed by atoms with Gasteiger partial charge in [0.15, 0.2) is 5.69 Å². The summed E-state index contributed by atoms with van der Waals surface area (Å²) < 4.78 is 23.3. The lowest BCUT2D eigenvalue weighted by Gasteiger charge is -2.08. The normalized spacial score (nSPS) is 11.1. The molecule has 11 heteroatoms.